The normalized spacial score (nSPS) is 12.1. The minimum atomic E-state index is -0.767. The van der Waals surface area contributed by atoms with Gasteiger partial charge in [-0.15, -0.1) is 0 Å². The van der Waals surface area contributed by atoms with Gasteiger partial charge in [-0.1, -0.05) is 276 Å². The van der Waals surface area contributed by atoms with Crippen LogP contribution < -0.4 is 0 Å². The van der Waals surface area contributed by atoms with Crippen molar-refractivity contribution < 1.29 is 28.6 Å². The number of carbonyl (C=O) groups is 3. The number of carbonyl (C=O) groups excluding carboxylic acids is 3. The predicted molar refractivity (Wildman–Crippen MR) is 293 cm³/mol. The number of esters is 3. The van der Waals surface area contributed by atoms with Crippen LogP contribution >= 0.6 is 0 Å². The zero-order valence-electron chi connectivity index (χ0n) is 45.9. The first-order valence-corrected chi connectivity index (χ1v) is 30.3. The highest BCUT2D eigenvalue weighted by Crippen LogP contribution is 2.17. The number of unbranched alkanes of at least 4 members (excludes halogenated alkanes) is 41. The van der Waals surface area contributed by atoms with Gasteiger partial charge in [0.15, 0.2) is 6.10 Å². The molecular weight excluding hydrogens is 841 g/mol. The number of allylic oxidation sites excluding steroid dienone is 4. The molecule has 0 aromatic heterocycles. The predicted octanol–water partition coefficient (Wildman–Crippen LogP) is 20.3. The van der Waals surface area contributed by atoms with E-state index >= 15 is 0 Å². The quantitative estimate of drug-likeness (QED) is 0.0262. The summed E-state index contributed by atoms with van der Waals surface area (Å²) in [5, 5.41) is 0. The third kappa shape index (κ3) is 54.8. The summed E-state index contributed by atoms with van der Waals surface area (Å²) in [6.07, 6.45) is 68.4. The van der Waals surface area contributed by atoms with Gasteiger partial charge >= 0.3 is 17.9 Å². The molecule has 0 aliphatic carbocycles. The molecule has 6 heteroatoms. The van der Waals surface area contributed by atoms with Crippen LogP contribution in [0.5, 0.6) is 0 Å². The van der Waals surface area contributed by atoms with Gasteiger partial charge in [0.2, 0.25) is 0 Å². The van der Waals surface area contributed by atoms with Crippen LogP contribution in [0.15, 0.2) is 24.3 Å². The number of ether oxygens (including phenoxy) is 3. The van der Waals surface area contributed by atoms with Crippen molar-refractivity contribution in [1.82, 2.24) is 0 Å². The maximum absolute atomic E-state index is 12.7. The molecule has 6 nitrogen and oxygen atoms in total. The van der Waals surface area contributed by atoms with Crippen LogP contribution in [0.3, 0.4) is 0 Å². The van der Waals surface area contributed by atoms with Gasteiger partial charge in [-0.2, -0.15) is 0 Å². The van der Waals surface area contributed by atoms with E-state index in [9.17, 15) is 14.4 Å². The van der Waals surface area contributed by atoms with Crippen LogP contribution in [0.2, 0.25) is 0 Å². The summed E-state index contributed by atoms with van der Waals surface area (Å²) >= 11 is 0. The molecule has 0 aromatic carbocycles. The molecule has 400 valence electrons. The average molecular weight is 958 g/mol. The van der Waals surface area contributed by atoms with Crippen molar-refractivity contribution in [1.29, 1.82) is 0 Å². The second-order valence-corrected chi connectivity index (χ2v) is 20.6. The van der Waals surface area contributed by atoms with E-state index in [4.69, 9.17) is 14.2 Å². The van der Waals surface area contributed by atoms with Crippen molar-refractivity contribution in [3.8, 4) is 0 Å². The molecule has 0 bridgehead atoms. The standard InChI is InChI=1S/C62H116O6/c1-4-7-10-13-15-17-19-20-21-22-23-24-25-26-27-28-29-30-31-32-33-34-35-36-37-38-39-40-41-42-43-45-46-49-52-55-61(64)67-58-59(57-66-60(63)54-51-48-12-9-6-3)68-62(65)56-53-50-47-44-18-16-14-11-8-5-2/h11,14,22-23,59H,4-10,12-13,15-21,24-58H2,1-3H3/b14-11-,23-22-. The molecule has 0 radical (unpaired) electrons. The fourth-order valence-electron chi connectivity index (χ4n) is 9.09. The van der Waals surface area contributed by atoms with Crippen molar-refractivity contribution >= 4 is 17.9 Å². The van der Waals surface area contributed by atoms with Crippen LogP contribution in [0.4, 0.5) is 0 Å². The topological polar surface area (TPSA) is 78.9 Å². The van der Waals surface area contributed by atoms with Crippen molar-refractivity contribution in [2.24, 2.45) is 0 Å². The van der Waals surface area contributed by atoms with E-state index in [2.05, 4.69) is 45.1 Å². The Morgan fingerprint density at radius 3 is 0.794 bits per heavy atom. The molecule has 0 saturated carbocycles. The summed E-state index contributed by atoms with van der Waals surface area (Å²) in [7, 11) is 0. The monoisotopic (exact) mass is 957 g/mol. The van der Waals surface area contributed by atoms with Gasteiger partial charge in [0.1, 0.15) is 13.2 Å². The maximum Gasteiger partial charge on any atom is 0.306 e. The Hall–Kier alpha value is -2.11. The lowest BCUT2D eigenvalue weighted by Crippen LogP contribution is -2.30. The first-order valence-electron chi connectivity index (χ1n) is 30.3. The van der Waals surface area contributed by atoms with Crippen LogP contribution in [-0.2, 0) is 28.6 Å². The summed E-state index contributed by atoms with van der Waals surface area (Å²) in [4.78, 5) is 37.6. The second-order valence-electron chi connectivity index (χ2n) is 20.6. The van der Waals surface area contributed by atoms with Gasteiger partial charge in [-0.3, -0.25) is 14.4 Å². The molecule has 0 N–H and O–H groups in total. The van der Waals surface area contributed by atoms with E-state index in [-0.39, 0.29) is 31.1 Å². The first kappa shape index (κ1) is 65.9. The van der Waals surface area contributed by atoms with Crippen molar-refractivity contribution in [2.45, 2.75) is 341 Å². The first-order chi connectivity index (χ1) is 33.5. The molecule has 1 unspecified atom stereocenters. The van der Waals surface area contributed by atoms with Gasteiger partial charge in [0.05, 0.1) is 0 Å². The molecule has 0 amide bonds. The lowest BCUT2D eigenvalue weighted by Gasteiger charge is -2.18. The molecule has 0 aliphatic heterocycles. The van der Waals surface area contributed by atoms with Crippen LogP contribution in [0, 0.1) is 0 Å². The summed E-state index contributed by atoms with van der Waals surface area (Å²) in [5.74, 6) is -0.883. The Morgan fingerprint density at radius 1 is 0.279 bits per heavy atom. The highest BCUT2D eigenvalue weighted by atomic mass is 16.6. The molecule has 0 rings (SSSR count). The molecule has 0 fully saturated rings. The van der Waals surface area contributed by atoms with Crippen molar-refractivity contribution in [2.75, 3.05) is 13.2 Å². The van der Waals surface area contributed by atoms with Crippen LogP contribution in [0.1, 0.15) is 335 Å². The maximum atomic E-state index is 12.7. The smallest absolute Gasteiger partial charge is 0.306 e. The zero-order valence-corrected chi connectivity index (χ0v) is 45.9. The molecule has 0 aliphatic rings. The fourth-order valence-corrected chi connectivity index (χ4v) is 9.09. The highest BCUT2D eigenvalue weighted by Gasteiger charge is 2.19. The minimum absolute atomic E-state index is 0.0710. The second kappa shape index (κ2) is 57.5. The van der Waals surface area contributed by atoms with Gasteiger partial charge in [0.25, 0.3) is 0 Å². The number of hydrogen-bond donors (Lipinski definition) is 0. The molecule has 1 atom stereocenters. The van der Waals surface area contributed by atoms with E-state index in [0.29, 0.717) is 19.3 Å². The summed E-state index contributed by atoms with van der Waals surface area (Å²) in [6.45, 7) is 6.52. The van der Waals surface area contributed by atoms with Gasteiger partial charge < -0.3 is 14.2 Å². The van der Waals surface area contributed by atoms with Gasteiger partial charge in [-0.25, -0.2) is 0 Å². The molecule has 0 spiro atoms. The largest absolute Gasteiger partial charge is 0.462 e. The fraction of sp³-hybridized carbons (Fsp3) is 0.887. The Morgan fingerprint density at radius 2 is 0.515 bits per heavy atom. The molecular formula is C62H116O6. The average Bonchev–Trinajstić information content (AvgIpc) is 3.34. The Labute approximate surface area is 423 Å². The third-order valence-electron chi connectivity index (χ3n) is 13.7. The van der Waals surface area contributed by atoms with E-state index in [1.165, 1.54) is 212 Å². The minimum Gasteiger partial charge on any atom is -0.462 e. The van der Waals surface area contributed by atoms with Gasteiger partial charge in [-0.05, 0) is 64.2 Å². The summed E-state index contributed by atoms with van der Waals surface area (Å²) in [5.41, 5.74) is 0. The summed E-state index contributed by atoms with van der Waals surface area (Å²) in [6, 6.07) is 0. The Bertz CT molecular complexity index is 1100. The Balaban J connectivity index is 3.76. The highest BCUT2D eigenvalue weighted by molar-refractivity contribution is 5.71. The lowest BCUT2D eigenvalue weighted by molar-refractivity contribution is -0.167. The molecule has 68 heavy (non-hydrogen) atoms. The number of rotatable bonds is 56. The summed E-state index contributed by atoms with van der Waals surface area (Å²) < 4.78 is 16.7. The lowest BCUT2D eigenvalue weighted by atomic mass is 10.0. The van der Waals surface area contributed by atoms with Crippen molar-refractivity contribution in [3.05, 3.63) is 24.3 Å². The van der Waals surface area contributed by atoms with Crippen LogP contribution in [-0.4, -0.2) is 37.2 Å². The van der Waals surface area contributed by atoms with E-state index in [0.717, 1.165) is 83.5 Å². The number of hydrogen-bond acceptors (Lipinski definition) is 6. The molecule has 0 aromatic rings. The zero-order chi connectivity index (χ0) is 49.3. The Kier molecular flexibility index (Phi) is 55.7. The van der Waals surface area contributed by atoms with Crippen LogP contribution in [0.25, 0.3) is 0 Å². The third-order valence-corrected chi connectivity index (χ3v) is 13.7. The molecule has 0 heterocycles. The molecule has 0 saturated heterocycles. The van der Waals surface area contributed by atoms with Crippen molar-refractivity contribution in [3.63, 3.8) is 0 Å². The van der Waals surface area contributed by atoms with Gasteiger partial charge in [0, 0.05) is 19.3 Å². The SMILES string of the molecule is CCC/C=C\CCCCCCCC(=O)OC(COC(=O)CCCCCCC)COC(=O)CCCCCCCCCCCCCCCCCCCCCCCCC/C=C\CCCCCCCCCC. The van der Waals surface area contributed by atoms with E-state index < -0.39 is 6.10 Å². The van der Waals surface area contributed by atoms with E-state index in [1.807, 2.05) is 0 Å². The van der Waals surface area contributed by atoms with E-state index in [1.54, 1.807) is 0 Å².